The highest BCUT2D eigenvalue weighted by molar-refractivity contribution is 5.96. The van der Waals surface area contributed by atoms with Crippen molar-refractivity contribution in [2.45, 2.75) is 39.2 Å². The van der Waals surface area contributed by atoms with Gasteiger partial charge in [0.1, 0.15) is 12.3 Å². The van der Waals surface area contributed by atoms with Gasteiger partial charge in [0.15, 0.2) is 6.10 Å². The maximum absolute atomic E-state index is 12.2. The molecule has 0 saturated carbocycles. The van der Waals surface area contributed by atoms with Crippen molar-refractivity contribution in [1.29, 1.82) is 0 Å². The van der Waals surface area contributed by atoms with Crippen molar-refractivity contribution in [1.82, 2.24) is 10.2 Å². The molecule has 0 spiro atoms. The third-order valence-corrected chi connectivity index (χ3v) is 4.14. The number of carbonyl (C=O) groups is 3. The predicted octanol–water partition coefficient (Wildman–Crippen LogP) is 1.76. The van der Waals surface area contributed by atoms with Crippen LogP contribution in [-0.4, -0.2) is 55.0 Å². The van der Waals surface area contributed by atoms with Crippen molar-refractivity contribution in [3.8, 4) is 5.75 Å². The standard InChI is InChI=1S/C19H26N2O5/c1-3-25-16-9-7-15(8-10-16)18(23)20-13-17(22)26-14(2)19(24)21-11-5-4-6-12-21/h7-10,14H,3-6,11-13H2,1-2H3,(H,20,23)/t14-/m0/s1. The lowest BCUT2D eigenvalue weighted by Crippen LogP contribution is -2.43. The Labute approximate surface area is 153 Å². The van der Waals surface area contributed by atoms with Gasteiger partial charge in [-0.05, 0) is 57.4 Å². The highest BCUT2D eigenvalue weighted by Gasteiger charge is 2.25. The molecule has 1 atom stereocenters. The molecule has 26 heavy (non-hydrogen) atoms. The van der Waals surface area contributed by atoms with Crippen molar-refractivity contribution in [2.75, 3.05) is 26.2 Å². The lowest BCUT2D eigenvalue weighted by atomic mass is 10.1. The molecule has 0 radical (unpaired) electrons. The molecule has 1 aromatic carbocycles. The zero-order valence-electron chi connectivity index (χ0n) is 15.3. The molecule has 7 heteroatoms. The van der Waals surface area contributed by atoms with E-state index in [1.807, 2.05) is 6.92 Å². The Morgan fingerprint density at radius 3 is 2.38 bits per heavy atom. The van der Waals surface area contributed by atoms with E-state index in [1.165, 1.54) is 0 Å². The number of rotatable bonds is 7. The average molecular weight is 362 g/mol. The van der Waals surface area contributed by atoms with Crippen LogP contribution >= 0.6 is 0 Å². The summed E-state index contributed by atoms with van der Waals surface area (Å²) in [6, 6.07) is 6.62. The molecule has 0 aromatic heterocycles. The quantitative estimate of drug-likeness (QED) is 0.747. The van der Waals surface area contributed by atoms with Crippen molar-refractivity contribution in [3.63, 3.8) is 0 Å². The molecule has 7 nitrogen and oxygen atoms in total. The van der Waals surface area contributed by atoms with E-state index in [0.29, 0.717) is 31.0 Å². The molecule has 1 aliphatic rings. The van der Waals surface area contributed by atoms with Crippen LogP contribution in [0, 0.1) is 0 Å². The third kappa shape index (κ3) is 5.75. The van der Waals surface area contributed by atoms with Crippen molar-refractivity contribution >= 4 is 17.8 Å². The predicted molar refractivity (Wildman–Crippen MR) is 95.9 cm³/mol. The van der Waals surface area contributed by atoms with E-state index in [2.05, 4.69) is 5.32 Å². The number of amides is 2. The number of esters is 1. The fraction of sp³-hybridized carbons (Fsp3) is 0.526. The first-order valence-corrected chi connectivity index (χ1v) is 9.00. The van der Waals surface area contributed by atoms with E-state index in [-0.39, 0.29) is 18.4 Å². The monoisotopic (exact) mass is 362 g/mol. The summed E-state index contributed by atoms with van der Waals surface area (Å²) in [5.74, 6) is -0.536. The van der Waals surface area contributed by atoms with E-state index in [9.17, 15) is 14.4 Å². The van der Waals surface area contributed by atoms with Gasteiger partial charge in [0.05, 0.1) is 6.61 Å². The van der Waals surface area contributed by atoms with Crippen LogP contribution in [0.2, 0.25) is 0 Å². The number of nitrogens with zero attached hydrogens (tertiary/aromatic N) is 1. The fourth-order valence-corrected chi connectivity index (χ4v) is 2.78. The summed E-state index contributed by atoms with van der Waals surface area (Å²) in [6.07, 6.45) is 2.23. The molecule has 142 valence electrons. The Morgan fingerprint density at radius 2 is 1.77 bits per heavy atom. The van der Waals surface area contributed by atoms with Gasteiger partial charge in [0, 0.05) is 18.7 Å². The molecule has 2 rings (SSSR count). The highest BCUT2D eigenvalue weighted by Crippen LogP contribution is 2.12. The normalized spacial score (nSPS) is 15.1. The van der Waals surface area contributed by atoms with Gasteiger partial charge in [-0.2, -0.15) is 0 Å². The number of likely N-dealkylation sites (tertiary alicyclic amines) is 1. The number of carbonyl (C=O) groups excluding carboxylic acids is 3. The zero-order valence-corrected chi connectivity index (χ0v) is 15.3. The van der Waals surface area contributed by atoms with Gasteiger partial charge >= 0.3 is 5.97 Å². The summed E-state index contributed by atoms with van der Waals surface area (Å²) in [5, 5.41) is 2.49. The van der Waals surface area contributed by atoms with Crippen molar-refractivity contribution < 1.29 is 23.9 Å². The summed E-state index contributed by atoms with van der Waals surface area (Å²) in [4.78, 5) is 37.9. The lowest BCUT2D eigenvalue weighted by Gasteiger charge is -2.28. The first-order chi connectivity index (χ1) is 12.5. The summed E-state index contributed by atoms with van der Waals surface area (Å²) >= 11 is 0. The van der Waals surface area contributed by atoms with Crippen LogP contribution in [-0.2, 0) is 14.3 Å². The molecule has 1 aromatic rings. The number of hydrogen-bond donors (Lipinski definition) is 1. The van der Waals surface area contributed by atoms with Crippen LogP contribution in [0.25, 0.3) is 0 Å². The number of ether oxygens (including phenoxy) is 2. The van der Waals surface area contributed by atoms with Gasteiger partial charge in [-0.1, -0.05) is 0 Å². The minimum Gasteiger partial charge on any atom is -0.494 e. The second kappa shape index (κ2) is 9.79. The third-order valence-electron chi connectivity index (χ3n) is 4.14. The lowest BCUT2D eigenvalue weighted by molar-refractivity contribution is -0.158. The Hall–Kier alpha value is -2.57. The summed E-state index contributed by atoms with van der Waals surface area (Å²) in [7, 11) is 0. The van der Waals surface area contributed by atoms with Crippen LogP contribution in [0.15, 0.2) is 24.3 Å². The first kappa shape index (κ1) is 19.8. The van der Waals surface area contributed by atoms with E-state index in [1.54, 1.807) is 36.1 Å². The minimum atomic E-state index is -0.844. The van der Waals surface area contributed by atoms with Gasteiger partial charge in [-0.3, -0.25) is 14.4 Å². The fourth-order valence-electron chi connectivity index (χ4n) is 2.78. The van der Waals surface area contributed by atoms with Crippen LogP contribution in [0.5, 0.6) is 5.75 Å². The molecular weight excluding hydrogens is 336 g/mol. The maximum atomic E-state index is 12.2. The average Bonchev–Trinajstić information content (AvgIpc) is 2.67. The Bertz CT molecular complexity index is 623. The summed E-state index contributed by atoms with van der Waals surface area (Å²) in [6.45, 7) is 5.10. The van der Waals surface area contributed by atoms with Crippen LogP contribution in [0.3, 0.4) is 0 Å². The molecule has 1 N–H and O–H groups in total. The highest BCUT2D eigenvalue weighted by atomic mass is 16.5. The van der Waals surface area contributed by atoms with E-state index < -0.39 is 12.1 Å². The second-order valence-corrected chi connectivity index (χ2v) is 6.16. The van der Waals surface area contributed by atoms with Crippen molar-refractivity contribution in [2.24, 2.45) is 0 Å². The molecular formula is C19H26N2O5. The van der Waals surface area contributed by atoms with Gasteiger partial charge < -0.3 is 19.7 Å². The Kier molecular flexibility index (Phi) is 7.44. The first-order valence-electron chi connectivity index (χ1n) is 9.00. The summed E-state index contributed by atoms with van der Waals surface area (Å²) in [5.41, 5.74) is 0.415. The number of benzene rings is 1. The smallest absolute Gasteiger partial charge is 0.326 e. The van der Waals surface area contributed by atoms with E-state index in [0.717, 1.165) is 19.3 Å². The van der Waals surface area contributed by atoms with Gasteiger partial charge in [0.2, 0.25) is 0 Å². The Balaban J connectivity index is 1.76. The number of nitrogens with one attached hydrogen (secondary N) is 1. The minimum absolute atomic E-state index is 0.184. The largest absolute Gasteiger partial charge is 0.494 e. The molecule has 1 saturated heterocycles. The van der Waals surface area contributed by atoms with Crippen LogP contribution < -0.4 is 10.1 Å². The van der Waals surface area contributed by atoms with Gasteiger partial charge in [-0.25, -0.2) is 0 Å². The number of piperidine rings is 1. The molecule has 1 fully saturated rings. The zero-order chi connectivity index (χ0) is 18.9. The topological polar surface area (TPSA) is 84.9 Å². The van der Waals surface area contributed by atoms with Crippen molar-refractivity contribution in [3.05, 3.63) is 29.8 Å². The van der Waals surface area contributed by atoms with Crippen LogP contribution in [0.4, 0.5) is 0 Å². The summed E-state index contributed by atoms with van der Waals surface area (Å²) < 4.78 is 10.5. The molecule has 0 bridgehead atoms. The van der Waals surface area contributed by atoms with Gasteiger partial charge in [0.25, 0.3) is 11.8 Å². The molecule has 1 heterocycles. The van der Waals surface area contributed by atoms with Gasteiger partial charge in [-0.15, -0.1) is 0 Å². The molecule has 2 amide bonds. The van der Waals surface area contributed by atoms with Crippen LogP contribution in [0.1, 0.15) is 43.5 Å². The van der Waals surface area contributed by atoms with E-state index in [4.69, 9.17) is 9.47 Å². The second-order valence-electron chi connectivity index (χ2n) is 6.16. The number of hydrogen-bond acceptors (Lipinski definition) is 5. The molecule has 0 aliphatic carbocycles. The molecule has 0 unspecified atom stereocenters. The Morgan fingerprint density at radius 1 is 1.12 bits per heavy atom. The van der Waals surface area contributed by atoms with E-state index >= 15 is 0 Å². The maximum Gasteiger partial charge on any atom is 0.326 e. The SMILES string of the molecule is CCOc1ccc(C(=O)NCC(=O)O[C@@H](C)C(=O)N2CCCCC2)cc1. The molecule has 1 aliphatic heterocycles.